The molecule has 1 aromatic heterocycles. The fourth-order valence-electron chi connectivity index (χ4n) is 5.41. The van der Waals surface area contributed by atoms with Gasteiger partial charge in [-0.15, -0.1) is 11.3 Å². The Kier molecular flexibility index (Phi) is 13.3. The maximum absolute atomic E-state index is 14.5. The zero-order valence-electron chi connectivity index (χ0n) is 28.7. The number of hydrogen-bond acceptors (Lipinski definition) is 5. The van der Waals surface area contributed by atoms with E-state index in [1.54, 1.807) is 25.4 Å². The molecule has 1 heterocycles. The van der Waals surface area contributed by atoms with E-state index in [0.29, 0.717) is 32.2 Å². The number of carbonyl (C=O) groups is 3. The summed E-state index contributed by atoms with van der Waals surface area (Å²) in [5, 5.41) is 8.27. The highest BCUT2D eigenvalue weighted by Gasteiger charge is 2.35. The summed E-state index contributed by atoms with van der Waals surface area (Å²) >= 11 is 1.56. The molecule has 4 rings (SSSR count). The fourth-order valence-corrected chi connectivity index (χ4v) is 6.15. The molecule has 4 aromatic rings. The van der Waals surface area contributed by atoms with E-state index in [9.17, 15) is 14.4 Å². The summed E-state index contributed by atoms with van der Waals surface area (Å²) in [7, 11) is 5.23. The average molecular weight is 665 g/mol. The number of hydrogen-bond donors (Lipinski definition) is 2. The molecule has 2 N–H and O–H groups in total. The van der Waals surface area contributed by atoms with Gasteiger partial charge >= 0.3 is 0 Å². The molecule has 0 spiro atoms. The maximum atomic E-state index is 14.5. The predicted octanol–water partition coefficient (Wildman–Crippen LogP) is 6.16. The molecule has 7 nitrogen and oxygen atoms in total. The van der Waals surface area contributed by atoms with Crippen molar-refractivity contribution in [3.63, 3.8) is 0 Å². The van der Waals surface area contributed by atoms with Gasteiger partial charge in [0.05, 0.1) is 0 Å². The first-order valence-corrected chi connectivity index (χ1v) is 17.3. The lowest BCUT2D eigenvalue weighted by Gasteiger charge is -2.34. The number of amides is 3. The molecule has 48 heavy (non-hydrogen) atoms. The van der Waals surface area contributed by atoms with Crippen molar-refractivity contribution in [2.45, 2.75) is 57.2 Å². The van der Waals surface area contributed by atoms with Gasteiger partial charge in [0, 0.05) is 43.9 Å². The molecule has 0 radical (unpaired) electrons. The molecule has 0 saturated carbocycles. The summed E-state index contributed by atoms with van der Waals surface area (Å²) in [5.41, 5.74) is 4.05. The minimum Gasteiger partial charge on any atom is -0.354 e. The number of rotatable bonds is 16. The standard InChI is InChI=1S/C40H48N4O3S/c1-40(2,41-3)25-12-19-37(45)43(4)36(28-31-20-22-33(23-21-31)32-16-10-7-11-17-32)39(47)44(5)35(29-34-18-13-27-48-34)38(46)42-26-24-30-14-8-6-9-15-30/h6-23,27,35-36,41H,24-26,28-29H2,1-5H3,(H,42,46)/b19-12+. The van der Waals surface area contributed by atoms with E-state index in [1.165, 1.54) is 15.9 Å². The molecule has 0 aliphatic rings. The summed E-state index contributed by atoms with van der Waals surface area (Å²) in [4.78, 5) is 45.7. The van der Waals surface area contributed by atoms with Crippen LogP contribution in [0.5, 0.6) is 0 Å². The molecule has 8 heteroatoms. The van der Waals surface area contributed by atoms with Gasteiger partial charge in [-0.2, -0.15) is 0 Å². The van der Waals surface area contributed by atoms with Gasteiger partial charge in [-0.1, -0.05) is 97.1 Å². The summed E-state index contributed by atoms with van der Waals surface area (Å²) in [5.74, 6) is -0.775. The number of nitrogens with zero attached hydrogens (tertiary/aromatic N) is 2. The van der Waals surface area contributed by atoms with Gasteiger partial charge in [0.1, 0.15) is 12.1 Å². The van der Waals surface area contributed by atoms with E-state index in [-0.39, 0.29) is 23.3 Å². The Bertz CT molecular complexity index is 1620. The summed E-state index contributed by atoms with van der Waals surface area (Å²) in [6, 6.07) is 30.5. The van der Waals surface area contributed by atoms with Gasteiger partial charge in [-0.05, 0) is 73.5 Å². The normalized spacial score (nSPS) is 12.8. The first-order valence-electron chi connectivity index (χ1n) is 16.5. The van der Waals surface area contributed by atoms with Gasteiger partial charge in [0.15, 0.2) is 0 Å². The van der Waals surface area contributed by atoms with Crippen molar-refractivity contribution in [2.24, 2.45) is 0 Å². The third kappa shape index (κ3) is 10.5. The lowest BCUT2D eigenvalue weighted by Crippen LogP contribution is -2.56. The maximum Gasteiger partial charge on any atom is 0.246 e. The van der Waals surface area contributed by atoms with Crippen molar-refractivity contribution in [3.05, 3.63) is 131 Å². The van der Waals surface area contributed by atoms with Gasteiger partial charge < -0.3 is 20.4 Å². The van der Waals surface area contributed by atoms with Crippen LogP contribution in [-0.4, -0.2) is 72.8 Å². The van der Waals surface area contributed by atoms with Crippen molar-refractivity contribution >= 4 is 29.1 Å². The number of thiophene rings is 1. The van der Waals surface area contributed by atoms with Gasteiger partial charge in [0.2, 0.25) is 17.7 Å². The highest BCUT2D eigenvalue weighted by molar-refractivity contribution is 7.09. The number of likely N-dealkylation sites (N-methyl/N-ethyl adjacent to an activating group) is 2. The Labute approximate surface area is 289 Å². The lowest BCUT2D eigenvalue weighted by atomic mass is 9.98. The largest absolute Gasteiger partial charge is 0.354 e. The minimum atomic E-state index is -0.824. The molecule has 0 fully saturated rings. The molecule has 3 aromatic carbocycles. The quantitative estimate of drug-likeness (QED) is 0.141. The number of carbonyl (C=O) groups excluding carboxylic acids is 3. The van der Waals surface area contributed by atoms with Crippen LogP contribution in [0.15, 0.2) is 115 Å². The highest BCUT2D eigenvalue weighted by atomic mass is 32.1. The van der Waals surface area contributed by atoms with Crippen LogP contribution in [0.3, 0.4) is 0 Å². The molecular formula is C40H48N4O3S. The summed E-state index contributed by atoms with van der Waals surface area (Å²) < 4.78 is 0. The number of benzene rings is 3. The van der Waals surface area contributed by atoms with Gasteiger partial charge in [0.25, 0.3) is 0 Å². The third-order valence-corrected chi connectivity index (χ3v) is 9.70. The van der Waals surface area contributed by atoms with Crippen LogP contribution in [0.25, 0.3) is 11.1 Å². The summed E-state index contributed by atoms with van der Waals surface area (Å²) in [6.45, 7) is 4.57. The molecule has 2 unspecified atom stereocenters. The second-order valence-electron chi connectivity index (χ2n) is 12.7. The Morgan fingerprint density at radius 2 is 1.42 bits per heavy atom. The molecule has 0 aliphatic carbocycles. The highest BCUT2D eigenvalue weighted by Crippen LogP contribution is 2.22. The van der Waals surface area contributed by atoms with Crippen LogP contribution < -0.4 is 10.6 Å². The molecule has 2 atom stereocenters. The van der Waals surface area contributed by atoms with E-state index in [2.05, 4.69) is 36.6 Å². The third-order valence-electron chi connectivity index (χ3n) is 8.80. The fraction of sp³-hybridized carbons (Fsp3) is 0.325. The Balaban J connectivity index is 1.57. The summed E-state index contributed by atoms with van der Waals surface area (Å²) in [6.07, 6.45) is 5.40. The second-order valence-corrected chi connectivity index (χ2v) is 13.8. The smallest absolute Gasteiger partial charge is 0.246 e. The molecular weight excluding hydrogens is 617 g/mol. The van der Waals surface area contributed by atoms with Crippen LogP contribution in [0.1, 0.15) is 36.3 Å². The Morgan fingerprint density at radius 1 is 0.771 bits per heavy atom. The van der Waals surface area contributed by atoms with Crippen molar-refractivity contribution in [1.82, 2.24) is 20.4 Å². The van der Waals surface area contributed by atoms with Crippen LogP contribution in [0.4, 0.5) is 0 Å². The second kappa shape index (κ2) is 17.6. The topological polar surface area (TPSA) is 81.8 Å². The van der Waals surface area contributed by atoms with Crippen molar-refractivity contribution in [1.29, 1.82) is 0 Å². The average Bonchev–Trinajstić information content (AvgIpc) is 3.63. The van der Waals surface area contributed by atoms with E-state index >= 15 is 0 Å². The van der Waals surface area contributed by atoms with Crippen molar-refractivity contribution in [2.75, 3.05) is 27.7 Å². The predicted molar refractivity (Wildman–Crippen MR) is 197 cm³/mol. The van der Waals surface area contributed by atoms with Crippen LogP contribution >= 0.6 is 11.3 Å². The lowest BCUT2D eigenvalue weighted by molar-refractivity contribution is -0.146. The first kappa shape index (κ1) is 36.3. The van der Waals surface area contributed by atoms with Crippen LogP contribution in [0, 0.1) is 0 Å². The van der Waals surface area contributed by atoms with Crippen molar-refractivity contribution < 1.29 is 14.4 Å². The SMILES string of the molecule is CNC(C)(C)C/C=C/C(=O)N(C)C(Cc1ccc(-c2ccccc2)cc1)C(=O)N(C)C(Cc1cccs1)C(=O)NCCc1ccccc1. The molecule has 252 valence electrons. The Hall–Kier alpha value is -4.53. The van der Waals surface area contributed by atoms with Gasteiger partial charge in [-0.25, -0.2) is 0 Å². The Morgan fingerprint density at radius 3 is 2.04 bits per heavy atom. The monoisotopic (exact) mass is 664 g/mol. The molecule has 3 amide bonds. The zero-order valence-corrected chi connectivity index (χ0v) is 29.5. The molecule has 0 bridgehead atoms. The molecule has 0 aliphatic heterocycles. The van der Waals surface area contributed by atoms with Gasteiger partial charge in [-0.3, -0.25) is 14.4 Å². The van der Waals surface area contributed by atoms with Crippen LogP contribution in [0.2, 0.25) is 0 Å². The van der Waals surface area contributed by atoms with E-state index in [0.717, 1.165) is 27.1 Å². The van der Waals surface area contributed by atoms with E-state index < -0.39 is 12.1 Å². The van der Waals surface area contributed by atoms with E-state index in [1.807, 2.05) is 103 Å². The first-order chi connectivity index (χ1) is 23.1. The zero-order chi connectivity index (χ0) is 34.5. The molecule has 0 saturated heterocycles. The van der Waals surface area contributed by atoms with Crippen LogP contribution in [-0.2, 0) is 33.6 Å². The van der Waals surface area contributed by atoms with Crippen molar-refractivity contribution in [3.8, 4) is 11.1 Å². The van der Waals surface area contributed by atoms with E-state index in [4.69, 9.17) is 0 Å². The minimum absolute atomic E-state index is 0.172. The number of nitrogens with one attached hydrogen (secondary N) is 2.